The summed E-state index contributed by atoms with van der Waals surface area (Å²) < 4.78 is 78.8. The molecule has 0 bridgehead atoms. The minimum Gasteiger partial charge on any atom is -0.336 e. The summed E-state index contributed by atoms with van der Waals surface area (Å²) in [5.41, 5.74) is 3.27. The number of rotatable bonds is 4. The summed E-state index contributed by atoms with van der Waals surface area (Å²) in [4.78, 5) is 44.7. The molecule has 33 heavy (non-hydrogen) atoms. The minimum atomic E-state index is -5.19. The van der Waals surface area contributed by atoms with Crippen molar-refractivity contribution in [1.29, 1.82) is 0 Å². The Labute approximate surface area is 184 Å². The van der Waals surface area contributed by atoms with E-state index < -0.39 is 71.2 Å². The van der Waals surface area contributed by atoms with Crippen LogP contribution >= 0.6 is 0 Å². The number of nitrogens with zero attached hydrogens (tertiary/aromatic N) is 4. The lowest BCUT2D eigenvalue weighted by Crippen LogP contribution is -2.51. The van der Waals surface area contributed by atoms with Crippen LogP contribution in [0.5, 0.6) is 0 Å². The largest absolute Gasteiger partial charge is 0.451 e. The number of amides is 2. The van der Waals surface area contributed by atoms with Crippen molar-refractivity contribution < 1.29 is 40.7 Å². The Balaban J connectivity index is 1.71. The third-order valence-electron chi connectivity index (χ3n) is 5.61. The lowest BCUT2D eigenvalue weighted by atomic mass is 9.96. The normalized spacial score (nSPS) is 20.7. The zero-order chi connectivity index (χ0) is 24.7. The second-order valence-corrected chi connectivity index (χ2v) is 8.15. The summed E-state index contributed by atoms with van der Waals surface area (Å²) in [6, 6.07) is -0.870. The van der Waals surface area contributed by atoms with E-state index in [2.05, 4.69) is 9.97 Å². The van der Waals surface area contributed by atoms with Crippen LogP contribution in [-0.2, 0) is 39.7 Å². The summed E-state index contributed by atoms with van der Waals surface area (Å²) in [5.74, 6) is -4.18. The highest BCUT2D eigenvalue weighted by Crippen LogP contribution is 2.36. The van der Waals surface area contributed by atoms with Crippen LogP contribution in [0.2, 0.25) is 0 Å². The number of ketones is 1. The molecule has 3 heterocycles. The molecule has 0 aliphatic carbocycles. The standard InChI is InChI=1S/C19H21F6N5O3/c1-9-2-4-30(16(33)14(9)32)7-10(26)6-13(31)29-5-3-11-12(8-29)27-17(19(23,24)25)28-15(11)18(20,21)22/h9-10H,2-8,26H2,1H3/t9?,10-/m0/s1. The summed E-state index contributed by atoms with van der Waals surface area (Å²) in [7, 11) is 0. The van der Waals surface area contributed by atoms with Crippen LogP contribution < -0.4 is 5.73 Å². The highest BCUT2D eigenvalue weighted by atomic mass is 19.4. The maximum Gasteiger partial charge on any atom is 0.451 e. The fourth-order valence-electron chi connectivity index (χ4n) is 3.83. The van der Waals surface area contributed by atoms with Gasteiger partial charge < -0.3 is 15.5 Å². The van der Waals surface area contributed by atoms with E-state index in [1.54, 1.807) is 6.92 Å². The van der Waals surface area contributed by atoms with Crippen LogP contribution in [0, 0.1) is 5.92 Å². The first-order valence-corrected chi connectivity index (χ1v) is 10.1. The second kappa shape index (κ2) is 8.88. The third-order valence-corrected chi connectivity index (χ3v) is 5.61. The van der Waals surface area contributed by atoms with Gasteiger partial charge in [-0.2, -0.15) is 26.3 Å². The maximum atomic E-state index is 13.3. The molecule has 1 aromatic rings. The number of piperidine rings is 1. The Hall–Kier alpha value is -2.77. The average molecular weight is 481 g/mol. The van der Waals surface area contributed by atoms with Gasteiger partial charge in [-0.15, -0.1) is 0 Å². The van der Waals surface area contributed by atoms with E-state index >= 15 is 0 Å². The molecule has 1 saturated heterocycles. The van der Waals surface area contributed by atoms with Gasteiger partial charge in [0.25, 0.3) is 5.91 Å². The van der Waals surface area contributed by atoms with Crippen LogP contribution in [0.1, 0.15) is 42.5 Å². The summed E-state index contributed by atoms with van der Waals surface area (Å²) >= 11 is 0. The molecule has 14 heteroatoms. The lowest BCUT2D eigenvalue weighted by molar-refractivity contribution is -0.153. The number of hydrogen-bond acceptors (Lipinski definition) is 6. The summed E-state index contributed by atoms with van der Waals surface area (Å²) in [6.07, 6.45) is -10.5. The number of fused-ring (bicyclic) bond motifs is 1. The van der Waals surface area contributed by atoms with Crippen molar-refractivity contribution in [3.63, 3.8) is 0 Å². The number of likely N-dealkylation sites (tertiary alicyclic amines) is 1. The molecule has 2 atom stereocenters. The summed E-state index contributed by atoms with van der Waals surface area (Å²) in [5, 5.41) is 0. The highest BCUT2D eigenvalue weighted by molar-refractivity contribution is 6.37. The van der Waals surface area contributed by atoms with Crippen LogP contribution in [0.15, 0.2) is 0 Å². The fraction of sp³-hybridized carbons (Fsp3) is 0.632. The summed E-state index contributed by atoms with van der Waals surface area (Å²) in [6.45, 7) is 1.10. The number of alkyl halides is 6. The first-order valence-electron chi connectivity index (χ1n) is 10.1. The van der Waals surface area contributed by atoms with Gasteiger partial charge in [-0.1, -0.05) is 6.92 Å². The van der Waals surface area contributed by atoms with Gasteiger partial charge in [0.05, 0.1) is 12.2 Å². The molecule has 0 aromatic carbocycles. The molecule has 1 aromatic heterocycles. The predicted molar refractivity (Wildman–Crippen MR) is 99.1 cm³/mol. The number of carbonyl (C=O) groups excluding carboxylic acids is 3. The van der Waals surface area contributed by atoms with E-state index in [-0.39, 0.29) is 25.9 Å². The first-order chi connectivity index (χ1) is 15.2. The van der Waals surface area contributed by atoms with Crippen LogP contribution in [0.25, 0.3) is 0 Å². The van der Waals surface area contributed by atoms with Gasteiger partial charge >= 0.3 is 12.4 Å². The molecule has 0 spiro atoms. The van der Waals surface area contributed by atoms with E-state index in [4.69, 9.17) is 5.73 Å². The second-order valence-electron chi connectivity index (χ2n) is 8.15. The molecule has 2 aliphatic heterocycles. The molecule has 0 saturated carbocycles. The predicted octanol–water partition coefficient (Wildman–Crippen LogP) is 1.55. The van der Waals surface area contributed by atoms with Gasteiger partial charge in [0.1, 0.15) is 0 Å². The third kappa shape index (κ3) is 5.42. The molecule has 182 valence electrons. The average Bonchev–Trinajstić information content (AvgIpc) is 2.71. The zero-order valence-corrected chi connectivity index (χ0v) is 17.5. The van der Waals surface area contributed by atoms with Crippen molar-refractivity contribution >= 4 is 17.6 Å². The van der Waals surface area contributed by atoms with Gasteiger partial charge in [-0.3, -0.25) is 14.4 Å². The van der Waals surface area contributed by atoms with Gasteiger partial charge in [0, 0.05) is 43.6 Å². The Morgan fingerprint density at radius 2 is 1.79 bits per heavy atom. The number of aromatic nitrogens is 2. The molecule has 3 rings (SSSR count). The number of halogens is 6. The smallest absolute Gasteiger partial charge is 0.336 e. The lowest BCUT2D eigenvalue weighted by Gasteiger charge is -2.33. The van der Waals surface area contributed by atoms with Gasteiger partial charge in [-0.25, -0.2) is 9.97 Å². The van der Waals surface area contributed by atoms with Crippen LogP contribution in [0.4, 0.5) is 26.3 Å². The van der Waals surface area contributed by atoms with E-state index in [0.29, 0.717) is 13.0 Å². The van der Waals surface area contributed by atoms with Crippen molar-refractivity contribution in [2.24, 2.45) is 11.7 Å². The number of Topliss-reactive ketones (excluding diaryl/α,β-unsaturated/α-hetero) is 1. The zero-order valence-electron chi connectivity index (χ0n) is 17.5. The fourth-order valence-corrected chi connectivity index (χ4v) is 3.83. The van der Waals surface area contributed by atoms with E-state index in [1.807, 2.05) is 0 Å². The molecule has 2 aliphatic rings. The highest BCUT2D eigenvalue weighted by Gasteiger charge is 2.44. The van der Waals surface area contributed by atoms with Crippen molar-refractivity contribution in [2.75, 3.05) is 19.6 Å². The van der Waals surface area contributed by atoms with Crippen LogP contribution in [0.3, 0.4) is 0 Å². The van der Waals surface area contributed by atoms with Gasteiger partial charge in [0.15, 0.2) is 5.69 Å². The molecule has 2 amide bonds. The molecule has 2 N–H and O–H groups in total. The van der Waals surface area contributed by atoms with Crippen molar-refractivity contribution in [2.45, 2.75) is 51.1 Å². The Morgan fingerprint density at radius 3 is 2.39 bits per heavy atom. The van der Waals surface area contributed by atoms with Gasteiger partial charge in [0.2, 0.25) is 17.5 Å². The van der Waals surface area contributed by atoms with Crippen LogP contribution in [-0.4, -0.2) is 63.0 Å². The number of hydrogen-bond donors (Lipinski definition) is 1. The SMILES string of the molecule is CC1CCN(C[C@@H](N)CC(=O)N2CCc3c(nc(C(F)(F)F)nc3C(F)(F)F)C2)C(=O)C1=O. The molecule has 1 unspecified atom stereocenters. The molecule has 8 nitrogen and oxygen atoms in total. The maximum absolute atomic E-state index is 13.3. The topological polar surface area (TPSA) is 109 Å². The van der Waals surface area contributed by atoms with Crippen molar-refractivity contribution in [3.8, 4) is 0 Å². The molecular weight excluding hydrogens is 460 g/mol. The quantitative estimate of drug-likeness (QED) is 0.517. The Bertz CT molecular complexity index is 964. The first kappa shape index (κ1) is 24.9. The minimum absolute atomic E-state index is 0.0773. The monoisotopic (exact) mass is 481 g/mol. The molecule has 0 radical (unpaired) electrons. The number of nitrogens with two attached hydrogens (primary N) is 1. The number of carbonyl (C=O) groups is 3. The Kier molecular flexibility index (Phi) is 6.69. The Morgan fingerprint density at radius 1 is 1.12 bits per heavy atom. The molecular formula is C19H21F6N5O3. The van der Waals surface area contributed by atoms with E-state index in [0.717, 1.165) is 4.90 Å². The van der Waals surface area contributed by atoms with E-state index in [9.17, 15) is 40.7 Å². The van der Waals surface area contributed by atoms with E-state index in [1.165, 1.54) is 4.90 Å². The van der Waals surface area contributed by atoms with Crippen molar-refractivity contribution in [1.82, 2.24) is 19.8 Å². The molecule has 1 fully saturated rings. The van der Waals surface area contributed by atoms with Crippen molar-refractivity contribution in [3.05, 3.63) is 22.8 Å². The van der Waals surface area contributed by atoms with Gasteiger partial charge in [-0.05, 0) is 12.8 Å².